The topological polar surface area (TPSA) is 102 Å². The maximum Gasteiger partial charge on any atom is 0.239 e. The van der Waals surface area contributed by atoms with Crippen molar-refractivity contribution in [3.8, 4) is 0 Å². The van der Waals surface area contributed by atoms with Crippen LogP contribution >= 0.6 is 23.1 Å². The smallest absolute Gasteiger partial charge is 0.239 e. The number of nitrogens with one attached hydrogen (secondary N) is 2. The molecule has 2 amide bonds. The highest BCUT2D eigenvalue weighted by Crippen LogP contribution is 2.23. The first kappa shape index (κ1) is 21.0. The van der Waals surface area contributed by atoms with E-state index in [0.29, 0.717) is 16.1 Å². The van der Waals surface area contributed by atoms with Crippen molar-refractivity contribution < 1.29 is 9.59 Å². The molecule has 1 atom stereocenters. The molecule has 0 bridgehead atoms. The van der Waals surface area contributed by atoms with Crippen molar-refractivity contribution >= 4 is 45.7 Å². The average Bonchev–Trinajstić information content (AvgIpc) is 3.29. The summed E-state index contributed by atoms with van der Waals surface area (Å²) in [5.41, 5.74) is 2.93. The molecular weight excluding hydrogens is 408 g/mol. The van der Waals surface area contributed by atoms with E-state index in [1.54, 1.807) is 30.1 Å². The molecule has 1 aromatic carbocycles. The molecule has 0 aliphatic rings. The van der Waals surface area contributed by atoms with Crippen LogP contribution in [0.4, 0.5) is 10.8 Å². The highest BCUT2D eigenvalue weighted by Gasteiger charge is 2.20. The van der Waals surface area contributed by atoms with E-state index in [1.807, 2.05) is 32.0 Å². The summed E-state index contributed by atoms with van der Waals surface area (Å²) in [7, 11) is 1.79. The zero-order chi connectivity index (χ0) is 21.0. The van der Waals surface area contributed by atoms with E-state index in [0.717, 1.165) is 16.8 Å². The van der Waals surface area contributed by atoms with Gasteiger partial charge in [0.05, 0.1) is 11.7 Å². The number of hydrogen-bond acceptors (Lipinski definition) is 7. The second-order valence-corrected chi connectivity index (χ2v) is 8.79. The summed E-state index contributed by atoms with van der Waals surface area (Å²) in [4.78, 5) is 28.7. The van der Waals surface area contributed by atoms with Crippen LogP contribution in [0.15, 0.2) is 34.9 Å². The van der Waals surface area contributed by atoms with Crippen molar-refractivity contribution in [2.24, 2.45) is 7.05 Å². The summed E-state index contributed by atoms with van der Waals surface area (Å²) in [5.74, 6) is 0.197. The Kier molecular flexibility index (Phi) is 6.65. The van der Waals surface area contributed by atoms with E-state index in [4.69, 9.17) is 0 Å². The molecule has 0 radical (unpaired) electrons. The Morgan fingerprint density at radius 1 is 1.24 bits per heavy atom. The molecule has 2 heterocycles. The number of thioether (sulfide) groups is 1. The molecule has 2 N–H and O–H groups in total. The van der Waals surface area contributed by atoms with Gasteiger partial charge in [-0.1, -0.05) is 29.5 Å². The normalized spacial score (nSPS) is 11.9. The van der Waals surface area contributed by atoms with Gasteiger partial charge >= 0.3 is 0 Å². The Morgan fingerprint density at radius 2 is 2.03 bits per heavy atom. The molecule has 10 heteroatoms. The minimum absolute atomic E-state index is 0.0943. The SMILES string of the molecule is Cc1ccc(NC(=O)Cc2nnc(SC(C)C(=O)Nc3nccs3)n2C)c(C)c1. The van der Waals surface area contributed by atoms with Gasteiger partial charge in [-0.15, -0.1) is 21.5 Å². The molecule has 152 valence electrons. The third kappa shape index (κ3) is 5.42. The van der Waals surface area contributed by atoms with Crippen molar-refractivity contribution in [1.29, 1.82) is 0 Å². The molecule has 0 aliphatic heterocycles. The van der Waals surface area contributed by atoms with Gasteiger partial charge in [-0.3, -0.25) is 9.59 Å². The number of hydrogen-bond donors (Lipinski definition) is 2. The van der Waals surface area contributed by atoms with Crippen LogP contribution < -0.4 is 10.6 Å². The Morgan fingerprint density at radius 3 is 2.72 bits per heavy atom. The average molecular weight is 431 g/mol. The molecule has 0 spiro atoms. The van der Waals surface area contributed by atoms with Crippen LogP contribution in [0.5, 0.6) is 0 Å². The third-order valence-corrected chi connectivity index (χ3v) is 6.04. The number of aryl methyl sites for hydroxylation is 2. The third-order valence-electron chi connectivity index (χ3n) is 4.21. The maximum atomic E-state index is 12.4. The molecule has 1 unspecified atom stereocenters. The fourth-order valence-electron chi connectivity index (χ4n) is 2.60. The van der Waals surface area contributed by atoms with Gasteiger partial charge in [-0.25, -0.2) is 4.98 Å². The molecule has 8 nitrogen and oxygen atoms in total. The van der Waals surface area contributed by atoms with Crippen LogP contribution in [0.25, 0.3) is 0 Å². The van der Waals surface area contributed by atoms with Crippen molar-refractivity contribution in [1.82, 2.24) is 19.7 Å². The molecule has 3 rings (SSSR count). The Hall–Kier alpha value is -2.72. The molecule has 0 aliphatic carbocycles. The predicted octanol–water partition coefficient (Wildman–Crippen LogP) is 3.19. The molecule has 0 fully saturated rings. The maximum absolute atomic E-state index is 12.4. The first-order chi connectivity index (χ1) is 13.8. The lowest BCUT2D eigenvalue weighted by Gasteiger charge is -2.11. The second-order valence-electron chi connectivity index (χ2n) is 6.59. The number of carbonyl (C=O) groups is 2. The van der Waals surface area contributed by atoms with Crippen LogP contribution in [-0.2, 0) is 23.1 Å². The highest BCUT2D eigenvalue weighted by atomic mass is 32.2. The molecule has 0 saturated carbocycles. The van der Waals surface area contributed by atoms with E-state index in [9.17, 15) is 9.59 Å². The van der Waals surface area contributed by atoms with Crippen LogP contribution in [0, 0.1) is 13.8 Å². The largest absolute Gasteiger partial charge is 0.325 e. The van der Waals surface area contributed by atoms with Gasteiger partial charge in [0.25, 0.3) is 0 Å². The number of benzene rings is 1. The minimum Gasteiger partial charge on any atom is -0.325 e. The van der Waals surface area contributed by atoms with E-state index >= 15 is 0 Å². The Labute approximate surface area is 177 Å². The lowest BCUT2D eigenvalue weighted by Crippen LogP contribution is -2.22. The van der Waals surface area contributed by atoms with E-state index in [1.165, 1.54) is 23.1 Å². The first-order valence-corrected chi connectivity index (χ1v) is 10.7. The second kappa shape index (κ2) is 9.19. The number of anilines is 2. The van der Waals surface area contributed by atoms with Crippen LogP contribution in [0.1, 0.15) is 23.9 Å². The van der Waals surface area contributed by atoms with Gasteiger partial charge in [0.15, 0.2) is 10.3 Å². The molecule has 2 aromatic heterocycles. The standard InChI is InChI=1S/C19H22N6O2S2/c1-11-5-6-14(12(2)9-11)21-16(26)10-15-23-24-19(25(15)4)29-13(3)17(27)22-18-20-7-8-28-18/h5-9,13H,10H2,1-4H3,(H,21,26)(H,20,22,27). The van der Waals surface area contributed by atoms with Crippen molar-refractivity contribution in [3.63, 3.8) is 0 Å². The Balaban J connectivity index is 1.59. The van der Waals surface area contributed by atoms with Crippen LogP contribution in [0.2, 0.25) is 0 Å². The van der Waals surface area contributed by atoms with Crippen LogP contribution in [-0.4, -0.2) is 36.8 Å². The minimum atomic E-state index is -0.390. The molecular formula is C19H22N6O2S2. The zero-order valence-electron chi connectivity index (χ0n) is 16.6. The summed E-state index contributed by atoms with van der Waals surface area (Å²) in [6.07, 6.45) is 1.73. The lowest BCUT2D eigenvalue weighted by molar-refractivity contribution is -0.116. The predicted molar refractivity (Wildman–Crippen MR) is 115 cm³/mol. The number of thiazole rings is 1. The van der Waals surface area contributed by atoms with E-state index in [2.05, 4.69) is 25.8 Å². The summed E-state index contributed by atoms with van der Waals surface area (Å²) >= 11 is 2.64. The fraction of sp³-hybridized carbons (Fsp3) is 0.316. The quantitative estimate of drug-likeness (QED) is 0.558. The fourth-order valence-corrected chi connectivity index (χ4v) is 3.96. The van der Waals surface area contributed by atoms with E-state index in [-0.39, 0.29) is 18.2 Å². The molecule has 29 heavy (non-hydrogen) atoms. The number of amides is 2. The lowest BCUT2D eigenvalue weighted by atomic mass is 10.1. The van der Waals surface area contributed by atoms with Crippen molar-refractivity contribution in [3.05, 3.63) is 46.7 Å². The number of rotatable bonds is 7. The van der Waals surface area contributed by atoms with Gasteiger partial charge in [0.2, 0.25) is 11.8 Å². The number of aromatic nitrogens is 4. The zero-order valence-corrected chi connectivity index (χ0v) is 18.2. The van der Waals surface area contributed by atoms with Crippen LogP contribution in [0.3, 0.4) is 0 Å². The number of nitrogens with zero attached hydrogens (tertiary/aromatic N) is 4. The monoisotopic (exact) mass is 430 g/mol. The van der Waals surface area contributed by atoms with Gasteiger partial charge in [-0.2, -0.15) is 0 Å². The summed E-state index contributed by atoms with van der Waals surface area (Å²) in [6, 6.07) is 5.87. The Bertz CT molecular complexity index is 1020. The van der Waals surface area contributed by atoms with Crippen molar-refractivity contribution in [2.75, 3.05) is 10.6 Å². The number of carbonyl (C=O) groups excluding carboxylic acids is 2. The summed E-state index contributed by atoms with van der Waals surface area (Å²) in [6.45, 7) is 5.75. The first-order valence-electron chi connectivity index (χ1n) is 8.96. The van der Waals surface area contributed by atoms with E-state index < -0.39 is 5.25 Å². The van der Waals surface area contributed by atoms with Gasteiger partial charge < -0.3 is 15.2 Å². The van der Waals surface area contributed by atoms with Gasteiger partial charge in [0, 0.05) is 24.3 Å². The summed E-state index contributed by atoms with van der Waals surface area (Å²) in [5, 5.41) is 16.4. The van der Waals surface area contributed by atoms with Crippen molar-refractivity contribution in [2.45, 2.75) is 37.6 Å². The summed E-state index contributed by atoms with van der Waals surface area (Å²) < 4.78 is 1.74. The highest BCUT2D eigenvalue weighted by molar-refractivity contribution is 8.00. The molecule has 0 saturated heterocycles. The molecule has 3 aromatic rings. The van der Waals surface area contributed by atoms with Gasteiger partial charge in [0.1, 0.15) is 5.82 Å². The van der Waals surface area contributed by atoms with Gasteiger partial charge in [-0.05, 0) is 32.4 Å².